The first kappa shape index (κ1) is 18.8. The van der Waals surface area contributed by atoms with Crippen molar-refractivity contribution in [3.63, 3.8) is 0 Å². The van der Waals surface area contributed by atoms with Gasteiger partial charge in [-0.15, -0.1) is 0 Å². The van der Waals surface area contributed by atoms with Crippen LogP contribution in [-0.4, -0.2) is 62.8 Å². The minimum Gasteiger partial charge on any atom is -0.465 e. The monoisotopic (exact) mass is 380 g/mol. The Bertz CT molecular complexity index is 795. The summed E-state index contributed by atoms with van der Waals surface area (Å²) < 4.78 is 31.8. The van der Waals surface area contributed by atoms with E-state index in [0.717, 1.165) is 6.54 Å². The number of hydrogen-bond donors (Lipinski definition) is 0. The molecule has 7 nitrogen and oxygen atoms in total. The summed E-state index contributed by atoms with van der Waals surface area (Å²) in [5.41, 5.74) is 0.224. The number of amides is 1. The van der Waals surface area contributed by atoms with Gasteiger partial charge in [0.2, 0.25) is 15.9 Å². The first-order valence-corrected chi connectivity index (χ1v) is 10.2. The largest absolute Gasteiger partial charge is 0.465 e. The summed E-state index contributed by atoms with van der Waals surface area (Å²) >= 11 is 0. The van der Waals surface area contributed by atoms with Gasteiger partial charge in [0, 0.05) is 32.6 Å². The van der Waals surface area contributed by atoms with Crippen molar-refractivity contribution in [3.05, 3.63) is 29.8 Å². The molecule has 0 N–H and O–H groups in total. The predicted molar refractivity (Wildman–Crippen MR) is 95.1 cm³/mol. The van der Waals surface area contributed by atoms with Crippen LogP contribution in [-0.2, 0) is 19.6 Å². The number of benzene rings is 1. The van der Waals surface area contributed by atoms with Gasteiger partial charge in [-0.3, -0.25) is 4.79 Å². The lowest BCUT2D eigenvalue weighted by molar-refractivity contribution is -0.127. The number of carbonyl (C=O) groups excluding carboxylic acids is 2. The van der Waals surface area contributed by atoms with Crippen molar-refractivity contribution in [1.29, 1.82) is 0 Å². The normalized spacial score (nSPS) is 20.5. The minimum atomic E-state index is -3.61. The zero-order valence-corrected chi connectivity index (χ0v) is 15.9. The lowest BCUT2D eigenvalue weighted by Gasteiger charge is -2.38. The fraction of sp³-hybridized carbons (Fsp3) is 0.556. The SMILES string of the molecule is CCN1CC2(CCN(S(=O)(=O)c3ccc(C(=O)OC)cc3)CC2)CC1=O. The Morgan fingerprint density at radius 2 is 1.81 bits per heavy atom. The fourth-order valence-electron chi connectivity index (χ4n) is 3.84. The molecular weight excluding hydrogens is 356 g/mol. The van der Waals surface area contributed by atoms with Gasteiger partial charge in [0.25, 0.3) is 0 Å². The Balaban J connectivity index is 1.70. The molecule has 0 aromatic heterocycles. The summed E-state index contributed by atoms with van der Waals surface area (Å²) in [6.45, 7) is 4.21. The van der Waals surface area contributed by atoms with Crippen LogP contribution in [0.5, 0.6) is 0 Å². The maximum Gasteiger partial charge on any atom is 0.337 e. The Labute approximate surface area is 154 Å². The lowest BCUT2D eigenvalue weighted by atomic mass is 9.78. The smallest absolute Gasteiger partial charge is 0.337 e. The van der Waals surface area contributed by atoms with Crippen molar-refractivity contribution in [2.24, 2.45) is 5.41 Å². The van der Waals surface area contributed by atoms with Gasteiger partial charge in [-0.25, -0.2) is 13.2 Å². The van der Waals surface area contributed by atoms with Gasteiger partial charge in [0.15, 0.2) is 0 Å². The van der Waals surface area contributed by atoms with E-state index in [0.29, 0.717) is 44.5 Å². The Morgan fingerprint density at radius 3 is 2.31 bits per heavy atom. The van der Waals surface area contributed by atoms with E-state index in [9.17, 15) is 18.0 Å². The lowest BCUT2D eigenvalue weighted by Crippen LogP contribution is -2.44. The third-order valence-corrected chi connectivity index (χ3v) is 7.40. The molecule has 3 rings (SSSR count). The first-order valence-electron chi connectivity index (χ1n) is 8.78. The molecule has 2 heterocycles. The van der Waals surface area contributed by atoms with Gasteiger partial charge in [-0.05, 0) is 49.4 Å². The summed E-state index contributed by atoms with van der Waals surface area (Å²) in [6, 6.07) is 5.78. The molecule has 2 aliphatic rings. The molecule has 0 radical (unpaired) electrons. The van der Waals surface area contributed by atoms with E-state index in [1.165, 1.54) is 35.7 Å². The van der Waals surface area contributed by atoms with Crippen molar-refractivity contribution in [2.75, 3.05) is 33.3 Å². The van der Waals surface area contributed by atoms with E-state index in [2.05, 4.69) is 4.74 Å². The molecule has 2 fully saturated rings. The highest BCUT2D eigenvalue weighted by atomic mass is 32.2. The average molecular weight is 380 g/mol. The van der Waals surface area contributed by atoms with Gasteiger partial charge in [0.05, 0.1) is 17.6 Å². The van der Waals surface area contributed by atoms with Crippen molar-refractivity contribution >= 4 is 21.9 Å². The zero-order valence-electron chi connectivity index (χ0n) is 15.1. The number of piperidine rings is 1. The Hall–Kier alpha value is -1.93. The highest BCUT2D eigenvalue weighted by Crippen LogP contribution is 2.41. The van der Waals surface area contributed by atoms with Crippen LogP contribution in [0, 0.1) is 5.41 Å². The molecule has 0 atom stereocenters. The molecule has 1 aromatic rings. The summed E-state index contributed by atoms with van der Waals surface area (Å²) in [6.07, 6.45) is 1.89. The number of carbonyl (C=O) groups is 2. The molecular formula is C18H24N2O5S. The van der Waals surface area contributed by atoms with Gasteiger partial charge >= 0.3 is 5.97 Å². The first-order chi connectivity index (χ1) is 12.3. The number of likely N-dealkylation sites (tertiary alicyclic amines) is 1. The van der Waals surface area contributed by atoms with E-state index in [1.54, 1.807) is 0 Å². The summed E-state index contributed by atoms with van der Waals surface area (Å²) in [5, 5.41) is 0. The number of nitrogens with zero attached hydrogens (tertiary/aromatic N) is 2. The van der Waals surface area contributed by atoms with Crippen LogP contribution < -0.4 is 0 Å². The number of esters is 1. The average Bonchev–Trinajstić information content (AvgIpc) is 2.96. The minimum absolute atomic E-state index is 0.0894. The number of rotatable bonds is 4. The summed E-state index contributed by atoms with van der Waals surface area (Å²) in [4.78, 5) is 25.6. The molecule has 26 heavy (non-hydrogen) atoms. The zero-order chi connectivity index (χ0) is 18.9. The predicted octanol–water partition coefficient (Wildman–Crippen LogP) is 1.50. The third-order valence-electron chi connectivity index (χ3n) is 5.48. The standard InChI is InChI=1S/C18H24N2O5S/c1-3-19-13-18(12-16(19)21)8-10-20(11-9-18)26(23,24)15-6-4-14(5-7-15)17(22)25-2/h4-7H,3,8-13H2,1-2H3. The number of methoxy groups -OCH3 is 1. The van der Waals surface area contributed by atoms with Crippen molar-refractivity contribution in [2.45, 2.75) is 31.1 Å². The quantitative estimate of drug-likeness (QED) is 0.739. The molecule has 0 unspecified atom stereocenters. The number of hydrogen-bond acceptors (Lipinski definition) is 5. The van der Waals surface area contributed by atoms with E-state index < -0.39 is 16.0 Å². The molecule has 8 heteroatoms. The van der Waals surface area contributed by atoms with E-state index in [-0.39, 0.29) is 16.2 Å². The number of ether oxygens (including phenoxy) is 1. The highest BCUT2D eigenvalue weighted by molar-refractivity contribution is 7.89. The van der Waals surface area contributed by atoms with Crippen LogP contribution in [0.25, 0.3) is 0 Å². The van der Waals surface area contributed by atoms with Gasteiger partial charge in [0.1, 0.15) is 0 Å². The molecule has 0 aliphatic carbocycles. The maximum absolute atomic E-state index is 12.9. The van der Waals surface area contributed by atoms with Crippen molar-refractivity contribution < 1.29 is 22.7 Å². The van der Waals surface area contributed by atoms with Crippen molar-refractivity contribution in [3.8, 4) is 0 Å². The van der Waals surface area contributed by atoms with Crippen molar-refractivity contribution in [1.82, 2.24) is 9.21 Å². The molecule has 1 aromatic carbocycles. The van der Waals surface area contributed by atoms with Crippen LogP contribution in [0.2, 0.25) is 0 Å². The van der Waals surface area contributed by atoms with E-state index in [4.69, 9.17) is 0 Å². The van der Waals surface area contributed by atoms with Crippen LogP contribution >= 0.6 is 0 Å². The summed E-state index contributed by atoms with van der Waals surface area (Å²) in [7, 11) is -2.33. The van der Waals surface area contributed by atoms with Gasteiger partial charge in [-0.1, -0.05) is 0 Å². The molecule has 2 saturated heterocycles. The second kappa shape index (κ2) is 7.00. The fourth-order valence-corrected chi connectivity index (χ4v) is 5.28. The molecule has 1 amide bonds. The summed E-state index contributed by atoms with van der Waals surface area (Å²) in [5.74, 6) is -0.331. The molecule has 1 spiro atoms. The third kappa shape index (κ3) is 3.35. The van der Waals surface area contributed by atoms with Crippen LogP contribution in [0.3, 0.4) is 0 Å². The van der Waals surface area contributed by atoms with E-state index in [1.807, 2.05) is 11.8 Å². The van der Waals surface area contributed by atoms with Crippen LogP contribution in [0.15, 0.2) is 29.2 Å². The van der Waals surface area contributed by atoms with Crippen LogP contribution in [0.1, 0.15) is 36.5 Å². The highest BCUT2D eigenvalue weighted by Gasteiger charge is 2.46. The second-order valence-electron chi connectivity index (χ2n) is 7.00. The van der Waals surface area contributed by atoms with E-state index >= 15 is 0 Å². The Morgan fingerprint density at radius 1 is 1.19 bits per heavy atom. The topological polar surface area (TPSA) is 84.0 Å². The molecule has 2 aliphatic heterocycles. The molecule has 0 bridgehead atoms. The molecule has 0 saturated carbocycles. The Kier molecular flexibility index (Phi) is 5.07. The number of sulfonamides is 1. The second-order valence-corrected chi connectivity index (χ2v) is 8.94. The van der Waals surface area contributed by atoms with Gasteiger partial charge in [-0.2, -0.15) is 4.31 Å². The van der Waals surface area contributed by atoms with Crippen LogP contribution in [0.4, 0.5) is 0 Å². The van der Waals surface area contributed by atoms with Gasteiger partial charge < -0.3 is 9.64 Å². The maximum atomic E-state index is 12.9. The molecule has 142 valence electrons.